The highest BCUT2D eigenvalue weighted by atomic mass is 35.5. The Hall–Kier alpha value is -2.81. The van der Waals surface area contributed by atoms with Gasteiger partial charge in [0.15, 0.2) is 5.16 Å². The van der Waals surface area contributed by atoms with Gasteiger partial charge in [0, 0.05) is 28.0 Å². The number of nitrogens with one attached hydrogen (secondary N) is 2. The largest absolute Gasteiger partial charge is 0.325 e. The van der Waals surface area contributed by atoms with Crippen molar-refractivity contribution in [3.05, 3.63) is 76.6 Å². The molecular formula is C23H23Cl2N5O2S. The van der Waals surface area contributed by atoms with E-state index in [4.69, 9.17) is 23.2 Å². The third-order valence-electron chi connectivity index (χ3n) is 4.57. The van der Waals surface area contributed by atoms with Crippen LogP contribution in [0.2, 0.25) is 10.0 Å². The van der Waals surface area contributed by atoms with Crippen molar-refractivity contribution in [1.29, 1.82) is 0 Å². The predicted molar refractivity (Wildman–Crippen MR) is 134 cm³/mol. The number of halogens is 2. The van der Waals surface area contributed by atoms with Crippen LogP contribution in [0.25, 0.3) is 0 Å². The number of aromatic nitrogens is 3. The summed E-state index contributed by atoms with van der Waals surface area (Å²) in [6, 6.07) is 12.5. The second kappa shape index (κ2) is 11.9. The van der Waals surface area contributed by atoms with Crippen LogP contribution < -0.4 is 10.6 Å². The molecule has 0 aliphatic rings. The number of benzene rings is 2. The van der Waals surface area contributed by atoms with Gasteiger partial charge in [-0.05, 0) is 36.2 Å². The number of hydrogen-bond acceptors (Lipinski definition) is 5. The van der Waals surface area contributed by atoms with Crippen molar-refractivity contribution in [2.24, 2.45) is 0 Å². The van der Waals surface area contributed by atoms with E-state index in [1.54, 1.807) is 28.8 Å². The molecule has 0 aliphatic carbocycles. The van der Waals surface area contributed by atoms with E-state index in [1.807, 2.05) is 31.2 Å². The average molecular weight is 504 g/mol. The van der Waals surface area contributed by atoms with E-state index in [9.17, 15) is 9.59 Å². The average Bonchev–Trinajstić information content (AvgIpc) is 3.13. The minimum atomic E-state index is -0.248. The summed E-state index contributed by atoms with van der Waals surface area (Å²) in [4.78, 5) is 25.0. The van der Waals surface area contributed by atoms with E-state index in [0.717, 1.165) is 17.7 Å². The van der Waals surface area contributed by atoms with Crippen LogP contribution in [0, 0.1) is 0 Å². The number of amides is 2. The first-order valence-corrected chi connectivity index (χ1v) is 11.9. The second-order valence-corrected chi connectivity index (χ2v) is 8.84. The van der Waals surface area contributed by atoms with E-state index < -0.39 is 0 Å². The molecule has 0 saturated heterocycles. The lowest BCUT2D eigenvalue weighted by atomic mass is 10.1. The van der Waals surface area contributed by atoms with E-state index >= 15 is 0 Å². The molecule has 33 heavy (non-hydrogen) atoms. The van der Waals surface area contributed by atoms with Gasteiger partial charge in [0.2, 0.25) is 11.8 Å². The van der Waals surface area contributed by atoms with E-state index in [-0.39, 0.29) is 24.0 Å². The number of para-hydroxylation sites is 1. The van der Waals surface area contributed by atoms with Crippen LogP contribution in [0.4, 0.5) is 11.4 Å². The fourth-order valence-electron chi connectivity index (χ4n) is 3.11. The smallest absolute Gasteiger partial charge is 0.234 e. The summed E-state index contributed by atoms with van der Waals surface area (Å²) in [5.74, 6) is 0.142. The maximum atomic E-state index is 12.6. The van der Waals surface area contributed by atoms with Crippen molar-refractivity contribution in [2.45, 2.75) is 31.5 Å². The summed E-state index contributed by atoms with van der Waals surface area (Å²) in [6.45, 7) is 6.21. The van der Waals surface area contributed by atoms with E-state index in [0.29, 0.717) is 33.3 Å². The van der Waals surface area contributed by atoms with Gasteiger partial charge in [-0.2, -0.15) is 0 Å². The third-order valence-corrected chi connectivity index (χ3v) is 5.98. The molecule has 0 fully saturated rings. The molecule has 3 rings (SSSR count). The summed E-state index contributed by atoms with van der Waals surface area (Å²) in [6.07, 6.45) is 2.55. The zero-order valence-corrected chi connectivity index (χ0v) is 20.3. The van der Waals surface area contributed by atoms with Gasteiger partial charge in [-0.15, -0.1) is 16.8 Å². The van der Waals surface area contributed by atoms with Crippen molar-refractivity contribution in [3.8, 4) is 0 Å². The first-order valence-electron chi connectivity index (χ1n) is 10.2. The van der Waals surface area contributed by atoms with Crippen LogP contribution in [-0.2, 0) is 29.0 Å². The second-order valence-electron chi connectivity index (χ2n) is 7.03. The first kappa shape index (κ1) is 24.8. The molecule has 0 aliphatic heterocycles. The number of aryl methyl sites for hydroxylation is 1. The van der Waals surface area contributed by atoms with Crippen molar-refractivity contribution in [1.82, 2.24) is 14.8 Å². The highest BCUT2D eigenvalue weighted by molar-refractivity contribution is 7.99. The van der Waals surface area contributed by atoms with Gasteiger partial charge in [-0.3, -0.25) is 9.59 Å². The van der Waals surface area contributed by atoms with Gasteiger partial charge in [0.25, 0.3) is 0 Å². The number of rotatable bonds is 10. The summed E-state index contributed by atoms with van der Waals surface area (Å²) in [5.41, 5.74) is 2.35. The number of allylic oxidation sites excluding steroid dienone is 1. The standard InChI is InChI=1S/C23H23Cl2N5O2S/c1-3-9-30-20(13-21(31)27-19-8-6-5-7-15(19)4-2)28-29-23(30)33-14-22(32)26-18-11-16(24)10-17(25)12-18/h3,5-8,10-12H,1,4,9,13-14H2,2H3,(H,26,32)(H,27,31). The van der Waals surface area contributed by atoms with Crippen molar-refractivity contribution < 1.29 is 9.59 Å². The fourth-order valence-corrected chi connectivity index (χ4v) is 4.40. The molecule has 0 spiro atoms. The third kappa shape index (κ3) is 7.08. The van der Waals surface area contributed by atoms with Crippen molar-refractivity contribution in [2.75, 3.05) is 16.4 Å². The molecule has 10 heteroatoms. The summed E-state index contributed by atoms with van der Waals surface area (Å²) >= 11 is 13.2. The molecule has 3 aromatic rings. The Morgan fingerprint density at radius 2 is 1.82 bits per heavy atom. The number of carbonyl (C=O) groups is 2. The fraction of sp³-hybridized carbons (Fsp3) is 0.217. The Balaban J connectivity index is 1.64. The topological polar surface area (TPSA) is 88.9 Å². The Bertz CT molecular complexity index is 1150. The highest BCUT2D eigenvalue weighted by Crippen LogP contribution is 2.23. The zero-order chi connectivity index (χ0) is 23.8. The van der Waals surface area contributed by atoms with Crippen molar-refractivity contribution >= 4 is 58.2 Å². The van der Waals surface area contributed by atoms with Crippen LogP contribution >= 0.6 is 35.0 Å². The molecule has 0 saturated carbocycles. The van der Waals surface area contributed by atoms with Gasteiger partial charge < -0.3 is 15.2 Å². The van der Waals surface area contributed by atoms with Gasteiger partial charge in [0.05, 0.1) is 12.2 Å². The molecule has 0 bridgehead atoms. The number of hydrogen-bond donors (Lipinski definition) is 2. The molecule has 172 valence electrons. The summed E-state index contributed by atoms with van der Waals surface area (Å²) < 4.78 is 1.77. The Morgan fingerprint density at radius 1 is 1.09 bits per heavy atom. The lowest BCUT2D eigenvalue weighted by molar-refractivity contribution is -0.116. The van der Waals surface area contributed by atoms with E-state index in [2.05, 4.69) is 27.4 Å². The zero-order valence-electron chi connectivity index (χ0n) is 18.0. The lowest BCUT2D eigenvalue weighted by Crippen LogP contribution is -2.19. The monoisotopic (exact) mass is 503 g/mol. The van der Waals surface area contributed by atoms with Crippen LogP contribution in [0.15, 0.2) is 60.3 Å². The number of carbonyl (C=O) groups excluding carboxylic acids is 2. The summed E-state index contributed by atoms with van der Waals surface area (Å²) in [5, 5.41) is 15.4. The van der Waals surface area contributed by atoms with Crippen LogP contribution in [0.3, 0.4) is 0 Å². The first-order chi connectivity index (χ1) is 15.9. The lowest BCUT2D eigenvalue weighted by Gasteiger charge is -2.11. The van der Waals surface area contributed by atoms with Crippen LogP contribution in [0.5, 0.6) is 0 Å². The normalized spacial score (nSPS) is 10.6. The maximum Gasteiger partial charge on any atom is 0.234 e. The molecule has 1 aromatic heterocycles. The molecule has 7 nitrogen and oxygen atoms in total. The van der Waals surface area contributed by atoms with Gasteiger partial charge in [0.1, 0.15) is 5.82 Å². The molecular weight excluding hydrogens is 481 g/mol. The minimum Gasteiger partial charge on any atom is -0.325 e. The molecule has 2 aromatic carbocycles. The van der Waals surface area contributed by atoms with Gasteiger partial charge in [-0.1, -0.05) is 66.2 Å². The van der Waals surface area contributed by atoms with Crippen LogP contribution in [0.1, 0.15) is 18.3 Å². The van der Waals surface area contributed by atoms with Gasteiger partial charge in [-0.25, -0.2) is 0 Å². The maximum absolute atomic E-state index is 12.6. The Kier molecular flexibility index (Phi) is 8.94. The summed E-state index contributed by atoms with van der Waals surface area (Å²) in [7, 11) is 0. The number of nitrogens with zero attached hydrogens (tertiary/aromatic N) is 3. The molecule has 0 atom stereocenters. The molecule has 2 N–H and O–H groups in total. The van der Waals surface area contributed by atoms with Crippen LogP contribution in [-0.4, -0.2) is 32.3 Å². The van der Waals surface area contributed by atoms with Gasteiger partial charge >= 0.3 is 0 Å². The SMILES string of the molecule is C=CCn1c(CC(=O)Nc2ccccc2CC)nnc1SCC(=O)Nc1cc(Cl)cc(Cl)c1. The Labute approximate surface area is 206 Å². The predicted octanol–water partition coefficient (Wildman–Crippen LogP) is 5.25. The molecule has 0 radical (unpaired) electrons. The molecule has 1 heterocycles. The highest BCUT2D eigenvalue weighted by Gasteiger charge is 2.17. The Morgan fingerprint density at radius 3 is 2.52 bits per heavy atom. The number of anilines is 2. The quantitative estimate of drug-likeness (QED) is 0.291. The van der Waals surface area contributed by atoms with E-state index in [1.165, 1.54) is 11.8 Å². The molecule has 0 unspecified atom stereocenters. The minimum absolute atomic E-state index is 0.0483. The molecule has 2 amide bonds. The van der Waals surface area contributed by atoms with Crippen molar-refractivity contribution in [3.63, 3.8) is 0 Å². The number of thioether (sulfide) groups is 1.